The minimum Gasteiger partial charge on any atom is -0.302 e. The second-order valence-electron chi connectivity index (χ2n) is 7.40. The number of benzene rings is 2. The standard InChI is InChI=1S/C22H19FN4OS/c1-2-22(12-18(22)20(28)26-21-24-9-10-29-21)15-3-8-19-14(11-15)13-25-27(19)17-6-4-16(23)5-7-17/h3-11,13,18H,2,12H2,1H3,(H,24,26,28). The summed E-state index contributed by atoms with van der Waals surface area (Å²) < 4.78 is 15.0. The molecule has 1 aliphatic rings. The van der Waals surface area contributed by atoms with Gasteiger partial charge in [0.25, 0.3) is 0 Å². The van der Waals surface area contributed by atoms with E-state index in [-0.39, 0.29) is 23.1 Å². The molecule has 0 spiro atoms. The predicted octanol–water partition coefficient (Wildman–Crippen LogP) is 4.93. The molecule has 29 heavy (non-hydrogen) atoms. The Balaban J connectivity index is 1.44. The Morgan fingerprint density at radius 3 is 2.86 bits per heavy atom. The molecule has 146 valence electrons. The minimum atomic E-state index is -0.270. The fourth-order valence-electron chi connectivity index (χ4n) is 4.17. The van der Waals surface area contributed by atoms with Crippen molar-refractivity contribution in [3.8, 4) is 5.69 Å². The molecule has 0 saturated heterocycles. The van der Waals surface area contributed by atoms with Gasteiger partial charge in [0.2, 0.25) is 5.91 Å². The maximum Gasteiger partial charge on any atom is 0.230 e. The van der Waals surface area contributed by atoms with Gasteiger partial charge in [-0.05, 0) is 54.8 Å². The highest BCUT2D eigenvalue weighted by molar-refractivity contribution is 7.13. The van der Waals surface area contributed by atoms with Gasteiger partial charge in [0, 0.05) is 28.3 Å². The number of nitrogens with zero attached hydrogens (tertiary/aromatic N) is 3. The van der Waals surface area contributed by atoms with Crippen molar-refractivity contribution in [1.29, 1.82) is 0 Å². The zero-order valence-corrected chi connectivity index (χ0v) is 16.6. The third-order valence-electron chi connectivity index (χ3n) is 5.90. The van der Waals surface area contributed by atoms with Gasteiger partial charge in [0.05, 0.1) is 17.4 Å². The van der Waals surface area contributed by atoms with Crippen LogP contribution in [0.5, 0.6) is 0 Å². The van der Waals surface area contributed by atoms with Gasteiger partial charge in [-0.2, -0.15) is 5.10 Å². The Bertz CT molecular complexity index is 1190. The molecule has 1 aliphatic carbocycles. The van der Waals surface area contributed by atoms with E-state index in [0.717, 1.165) is 35.0 Å². The van der Waals surface area contributed by atoms with Crippen LogP contribution in [0.1, 0.15) is 25.3 Å². The van der Waals surface area contributed by atoms with Crippen molar-refractivity contribution < 1.29 is 9.18 Å². The van der Waals surface area contributed by atoms with Crippen LogP contribution in [0.4, 0.5) is 9.52 Å². The fraction of sp³-hybridized carbons (Fsp3) is 0.227. The van der Waals surface area contributed by atoms with E-state index in [0.29, 0.717) is 5.13 Å². The number of thiazole rings is 1. The van der Waals surface area contributed by atoms with Crippen molar-refractivity contribution in [3.63, 3.8) is 0 Å². The number of carbonyl (C=O) groups is 1. The second kappa shape index (κ2) is 6.77. The normalized spacial score (nSPS) is 20.7. The van der Waals surface area contributed by atoms with E-state index in [4.69, 9.17) is 0 Å². The first-order valence-electron chi connectivity index (χ1n) is 9.55. The van der Waals surface area contributed by atoms with Gasteiger partial charge < -0.3 is 5.32 Å². The van der Waals surface area contributed by atoms with E-state index >= 15 is 0 Å². The Kier molecular flexibility index (Phi) is 4.20. The van der Waals surface area contributed by atoms with E-state index < -0.39 is 0 Å². The van der Waals surface area contributed by atoms with Crippen molar-refractivity contribution in [1.82, 2.24) is 14.8 Å². The summed E-state index contributed by atoms with van der Waals surface area (Å²) in [5, 5.41) is 10.9. The minimum absolute atomic E-state index is 0.0314. The lowest BCUT2D eigenvalue weighted by Gasteiger charge is -2.16. The van der Waals surface area contributed by atoms with Crippen molar-refractivity contribution in [2.75, 3.05) is 5.32 Å². The molecule has 5 rings (SSSR count). The molecule has 2 atom stereocenters. The highest BCUT2D eigenvalue weighted by atomic mass is 32.1. The third kappa shape index (κ3) is 3.02. The van der Waals surface area contributed by atoms with Crippen LogP contribution in [0.3, 0.4) is 0 Å². The molecular formula is C22H19FN4OS. The summed E-state index contributed by atoms with van der Waals surface area (Å²) in [6.07, 6.45) is 5.23. The average Bonchev–Trinajstić information content (AvgIpc) is 3.04. The number of amides is 1. The Morgan fingerprint density at radius 2 is 2.14 bits per heavy atom. The quantitative estimate of drug-likeness (QED) is 0.511. The number of nitrogens with one attached hydrogen (secondary N) is 1. The first kappa shape index (κ1) is 18.0. The monoisotopic (exact) mass is 406 g/mol. The van der Waals surface area contributed by atoms with Gasteiger partial charge in [0.1, 0.15) is 5.82 Å². The molecule has 4 aromatic rings. The predicted molar refractivity (Wildman–Crippen MR) is 112 cm³/mol. The highest BCUT2D eigenvalue weighted by Gasteiger charge is 2.57. The molecular weight excluding hydrogens is 387 g/mol. The molecule has 0 aliphatic heterocycles. The van der Waals surface area contributed by atoms with Gasteiger partial charge in [-0.15, -0.1) is 11.3 Å². The van der Waals surface area contributed by atoms with Gasteiger partial charge in [-0.25, -0.2) is 14.1 Å². The molecule has 2 heterocycles. The molecule has 1 saturated carbocycles. The smallest absolute Gasteiger partial charge is 0.230 e. The Hall–Kier alpha value is -3.06. The number of fused-ring (bicyclic) bond motifs is 1. The summed E-state index contributed by atoms with van der Waals surface area (Å²) in [4.78, 5) is 16.9. The van der Waals surface area contributed by atoms with Gasteiger partial charge in [-0.3, -0.25) is 4.79 Å². The first-order chi connectivity index (χ1) is 14.1. The summed E-state index contributed by atoms with van der Waals surface area (Å²) in [5.74, 6) is -0.293. The van der Waals surface area contributed by atoms with E-state index in [2.05, 4.69) is 34.5 Å². The third-order valence-corrected chi connectivity index (χ3v) is 6.59. The summed E-state index contributed by atoms with van der Waals surface area (Å²) in [7, 11) is 0. The maximum atomic E-state index is 13.2. The maximum absolute atomic E-state index is 13.2. The van der Waals surface area contributed by atoms with Crippen molar-refractivity contribution in [2.24, 2.45) is 5.92 Å². The molecule has 2 aromatic heterocycles. The Morgan fingerprint density at radius 1 is 1.31 bits per heavy atom. The topological polar surface area (TPSA) is 59.8 Å². The molecule has 1 N–H and O–H groups in total. The molecule has 0 bridgehead atoms. The lowest BCUT2D eigenvalue weighted by atomic mass is 9.89. The number of aromatic nitrogens is 3. The van der Waals surface area contributed by atoms with Gasteiger partial charge >= 0.3 is 0 Å². The summed E-state index contributed by atoms with van der Waals surface area (Å²) in [6, 6.07) is 12.5. The summed E-state index contributed by atoms with van der Waals surface area (Å²) >= 11 is 1.43. The van der Waals surface area contributed by atoms with E-state index in [1.165, 1.54) is 23.5 Å². The molecule has 2 unspecified atom stereocenters. The Labute approximate surface area is 171 Å². The van der Waals surface area contributed by atoms with Crippen LogP contribution >= 0.6 is 11.3 Å². The number of hydrogen-bond donors (Lipinski definition) is 1. The van der Waals surface area contributed by atoms with Gasteiger partial charge in [-0.1, -0.05) is 13.0 Å². The van der Waals surface area contributed by atoms with Crippen LogP contribution in [0.2, 0.25) is 0 Å². The largest absolute Gasteiger partial charge is 0.302 e. The van der Waals surface area contributed by atoms with Crippen LogP contribution in [-0.2, 0) is 10.2 Å². The number of rotatable bonds is 5. The van der Waals surface area contributed by atoms with Crippen molar-refractivity contribution >= 4 is 33.3 Å². The molecule has 5 nitrogen and oxygen atoms in total. The molecule has 1 fully saturated rings. The SMILES string of the molecule is CCC1(c2ccc3c(cnn3-c3ccc(F)cc3)c2)CC1C(=O)Nc1nccs1. The van der Waals surface area contributed by atoms with Crippen molar-refractivity contribution in [2.45, 2.75) is 25.2 Å². The number of hydrogen-bond acceptors (Lipinski definition) is 4. The lowest BCUT2D eigenvalue weighted by Crippen LogP contribution is -2.20. The van der Waals surface area contributed by atoms with E-state index in [1.54, 1.807) is 23.0 Å². The summed E-state index contributed by atoms with van der Waals surface area (Å²) in [6.45, 7) is 2.13. The zero-order chi connectivity index (χ0) is 20.0. The first-order valence-corrected chi connectivity index (χ1v) is 10.4. The number of anilines is 1. The van der Waals surface area contributed by atoms with Crippen LogP contribution < -0.4 is 5.32 Å². The molecule has 1 amide bonds. The molecule has 0 radical (unpaired) electrons. The fourth-order valence-corrected chi connectivity index (χ4v) is 4.70. The van der Waals surface area contributed by atoms with Gasteiger partial charge in [0.15, 0.2) is 5.13 Å². The molecule has 2 aromatic carbocycles. The second-order valence-corrected chi connectivity index (χ2v) is 8.29. The van der Waals surface area contributed by atoms with E-state index in [9.17, 15) is 9.18 Å². The molecule has 7 heteroatoms. The van der Waals surface area contributed by atoms with Crippen LogP contribution in [-0.4, -0.2) is 20.7 Å². The average molecular weight is 406 g/mol. The van der Waals surface area contributed by atoms with Crippen LogP contribution in [0.25, 0.3) is 16.6 Å². The number of halogens is 1. The number of carbonyl (C=O) groups excluding carboxylic acids is 1. The van der Waals surface area contributed by atoms with Crippen LogP contribution in [0, 0.1) is 11.7 Å². The van der Waals surface area contributed by atoms with Crippen molar-refractivity contribution in [3.05, 3.63) is 71.6 Å². The highest BCUT2D eigenvalue weighted by Crippen LogP contribution is 2.57. The lowest BCUT2D eigenvalue weighted by molar-refractivity contribution is -0.117. The van der Waals surface area contributed by atoms with E-state index in [1.807, 2.05) is 17.6 Å². The zero-order valence-electron chi connectivity index (χ0n) is 15.8. The summed E-state index contributed by atoms with van der Waals surface area (Å²) in [5.41, 5.74) is 2.78. The van der Waals surface area contributed by atoms with Crippen LogP contribution in [0.15, 0.2) is 60.2 Å².